The normalized spacial score (nSPS) is 27.0. The lowest BCUT2D eigenvalue weighted by Gasteiger charge is -2.37. The molecule has 1 aromatic rings. The van der Waals surface area contributed by atoms with Crippen LogP contribution in [0.4, 0.5) is 13.2 Å². The quantitative estimate of drug-likeness (QED) is 0.313. The van der Waals surface area contributed by atoms with Gasteiger partial charge in [-0.15, -0.1) is 0 Å². The lowest BCUT2D eigenvalue weighted by molar-refractivity contribution is 0.152. The number of halogens is 3. The molecule has 3 heteroatoms. The fraction of sp³-hybridized carbons (Fsp3) is 0.724. The van der Waals surface area contributed by atoms with Crippen LogP contribution in [0.5, 0.6) is 0 Å². The van der Waals surface area contributed by atoms with E-state index in [1.54, 1.807) is 6.07 Å². The van der Waals surface area contributed by atoms with Crippen LogP contribution in [0.15, 0.2) is 24.0 Å². The molecule has 3 rings (SSSR count). The van der Waals surface area contributed by atoms with Gasteiger partial charge in [-0.3, -0.25) is 0 Å². The summed E-state index contributed by atoms with van der Waals surface area (Å²) in [5.74, 6) is 1.51. The Morgan fingerprint density at radius 3 is 1.94 bits per heavy atom. The summed E-state index contributed by atoms with van der Waals surface area (Å²) in [5.41, 5.74) is 1.08. The van der Waals surface area contributed by atoms with Gasteiger partial charge in [0.15, 0.2) is 11.6 Å². The zero-order chi connectivity index (χ0) is 22.9. The molecule has 32 heavy (non-hydrogen) atoms. The fourth-order valence-corrected chi connectivity index (χ4v) is 6.05. The van der Waals surface area contributed by atoms with Crippen LogP contribution in [0.25, 0.3) is 0 Å². The van der Waals surface area contributed by atoms with Gasteiger partial charge in [0.2, 0.25) is 0 Å². The Kier molecular flexibility index (Phi) is 10.2. The van der Waals surface area contributed by atoms with E-state index in [0.717, 1.165) is 50.4 Å². The number of rotatable bonds is 10. The standard InChI is InChI=1S/C29H43F3/c1-3-5-6-7-25-18-19-26(29(32)28(25)31)17-10-21-8-13-23(14-9-21)24-15-11-22(12-16-24)20-27(30)4-2/h18-24H,3-17H2,1-2H3/b27-20-. The third-order valence-corrected chi connectivity index (χ3v) is 8.24. The van der Waals surface area contributed by atoms with Gasteiger partial charge in [0.25, 0.3) is 0 Å². The number of aryl methyl sites for hydroxylation is 2. The second-order valence-corrected chi connectivity index (χ2v) is 10.4. The van der Waals surface area contributed by atoms with E-state index < -0.39 is 11.6 Å². The summed E-state index contributed by atoms with van der Waals surface area (Å²) in [6, 6.07) is 3.62. The highest BCUT2D eigenvalue weighted by molar-refractivity contribution is 5.26. The third kappa shape index (κ3) is 7.12. The predicted molar refractivity (Wildman–Crippen MR) is 128 cm³/mol. The number of unbranched alkanes of at least 4 members (excludes halogenated alkanes) is 2. The van der Waals surface area contributed by atoms with Crippen LogP contribution in [0.3, 0.4) is 0 Å². The second-order valence-electron chi connectivity index (χ2n) is 10.4. The van der Waals surface area contributed by atoms with E-state index in [-0.39, 0.29) is 5.83 Å². The monoisotopic (exact) mass is 448 g/mol. The molecule has 0 aliphatic heterocycles. The van der Waals surface area contributed by atoms with Crippen molar-refractivity contribution in [2.45, 2.75) is 110 Å². The van der Waals surface area contributed by atoms with Crippen LogP contribution in [0.2, 0.25) is 0 Å². The molecule has 0 bridgehead atoms. The largest absolute Gasteiger partial charge is 0.212 e. The number of hydrogen-bond acceptors (Lipinski definition) is 0. The van der Waals surface area contributed by atoms with Crippen molar-refractivity contribution in [2.75, 3.05) is 0 Å². The molecule has 180 valence electrons. The molecule has 0 amide bonds. The minimum absolute atomic E-state index is 0.0522. The molecule has 0 aromatic heterocycles. The maximum Gasteiger partial charge on any atom is 0.162 e. The average Bonchev–Trinajstić information content (AvgIpc) is 2.82. The van der Waals surface area contributed by atoms with E-state index in [2.05, 4.69) is 6.92 Å². The minimum atomic E-state index is -0.619. The van der Waals surface area contributed by atoms with Crippen molar-refractivity contribution in [3.05, 3.63) is 46.8 Å². The average molecular weight is 449 g/mol. The summed E-state index contributed by atoms with van der Waals surface area (Å²) in [4.78, 5) is 0. The summed E-state index contributed by atoms with van der Waals surface area (Å²) >= 11 is 0. The molecule has 2 fully saturated rings. The van der Waals surface area contributed by atoms with E-state index in [1.807, 2.05) is 19.1 Å². The number of benzene rings is 1. The van der Waals surface area contributed by atoms with Gasteiger partial charge in [-0.2, -0.15) is 0 Å². The summed E-state index contributed by atoms with van der Waals surface area (Å²) in [6.07, 6.45) is 17.4. The zero-order valence-electron chi connectivity index (χ0n) is 20.3. The van der Waals surface area contributed by atoms with Crippen molar-refractivity contribution in [2.24, 2.45) is 23.7 Å². The lowest BCUT2D eigenvalue weighted by Crippen LogP contribution is -2.25. The van der Waals surface area contributed by atoms with Gasteiger partial charge in [-0.1, -0.05) is 51.7 Å². The maximum atomic E-state index is 14.6. The Balaban J connectivity index is 1.41. The van der Waals surface area contributed by atoms with Crippen LogP contribution in [-0.2, 0) is 12.8 Å². The molecule has 0 nitrogen and oxygen atoms in total. The molecule has 0 radical (unpaired) electrons. The highest BCUT2D eigenvalue weighted by Gasteiger charge is 2.30. The van der Waals surface area contributed by atoms with Gasteiger partial charge in [-0.25, -0.2) is 13.2 Å². The van der Waals surface area contributed by atoms with Crippen LogP contribution >= 0.6 is 0 Å². The highest BCUT2D eigenvalue weighted by atomic mass is 19.2. The molecule has 0 unspecified atom stereocenters. The van der Waals surface area contributed by atoms with Crippen molar-refractivity contribution in [1.29, 1.82) is 0 Å². The summed E-state index contributed by atoms with van der Waals surface area (Å²) < 4.78 is 42.5. The third-order valence-electron chi connectivity index (χ3n) is 8.24. The summed E-state index contributed by atoms with van der Waals surface area (Å²) in [7, 11) is 0. The second kappa shape index (κ2) is 12.8. The summed E-state index contributed by atoms with van der Waals surface area (Å²) in [6.45, 7) is 4.00. The fourth-order valence-electron chi connectivity index (χ4n) is 6.05. The predicted octanol–water partition coefficient (Wildman–Crippen LogP) is 9.51. The van der Waals surface area contributed by atoms with Gasteiger partial charge in [0.05, 0.1) is 5.83 Å². The van der Waals surface area contributed by atoms with Gasteiger partial charge in [0.1, 0.15) is 0 Å². The maximum absolute atomic E-state index is 14.6. The molecule has 2 aliphatic carbocycles. The first-order chi connectivity index (χ1) is 15.5. The van der Waals surface area contributed by atoms with E-state index in [1.165, 1.54) is 38.5 Å². The van der Waals surface area contributed by atoms with Gasteiger partial charge in [-0.05, 0) is 112 Å². The Hall–Kier alpha value is -1.25. The van der Waals surface area contributed by atoms with E-state index in [9.17, 15) is 13.2 Å². The van der Waals surface area contributed by atoms with Crippen LogP contribution < -0.4 is 0 Å². The van der Waals surface area contributed by atoms with Crippen molar-refractivity contribution in [3.63, 3.8) is 0 Å². The van der Waals surface area contributed by atoms with Crippen LogP contribution in [-0.4, -0.2) is 0 Å². The molecule has 0 N–H and O–H groups in total. The molecule has 2 aliphatic rings. The molecule has 2 saturated carbocycles. The molecule has 0 atom stereocenters. The van der Waals surface area contributed by atoms with Crippen molar-refractivity contribution in [3.8, 4) is 0 Å². The first-order valence-electron chi connectivity index (χ1n) is 13.3. The molecular weight excluding hydrogens is 405 g/mol. The molecule has 1 aromatic carbocycles. The lowest BCUT2D eigenvalue weighted by atomic mass is 9.68. The SMILES string of the molecule is CCCCCc1ccc(CCC2CCC(C3CCC(/C=C(\F)CC)CC3)CC2)c(F)c1F. The van der Waals surface area contributed by atoms with Gasteiger partial charge >= 0.3 is 0 Å². The molecule has 0 spiro atoms. The Morgan fingerprint density at radius 1 is 0.812 bits per heavy atom. The number of hydrogen-bond donors (Lipinski definition) is 0. The molecular formula is C29H43F3. The van der Waals surface area contributed by atoms with E-state index >= 15 is 0 Å². The Bertz CT molecular complexity index is 722. The Labute approximate surface area is 194 Å². The zero-order valence-corrected chi connectivity index (χ0v) is 20.3. The van der Waals surface area contributed by atoms with E-state index in [4.69, 9.17) is 0 Å². The molecule has 0 heterocycles. The highest BCUT2D eigenvalue weighted by Crippen LogP contribution is 2.42. The molecule has 0 saturated heterocycles. The van der Waals surface area contributed by atoms with Crippen LogP contribution in [0, 0.1) is 35.3 Å². The van der Waals surface area contributed by atoms with Crippen LogP contribution in [0.1, 0.15) is 108 Å². The first-order valence-corrected chi connectivity index (χ1v) is 13.3. The first kappa shape index (κ1) is 25.4. The van der Waals surface area contributed by atoms with Gasteiger partial charge < -0.3 is 0 Å². The van der Waals surface area contributed by atoms with Crippen molar-refractivity contribution in [1.82, 2.24) is 0 Å². The summed E-state index contributed by atoms with van der Waals surface area (Å²) in [5, 5.41) is 0. The smallest absolute Gasteiger partial charge is 0.162 e. The van der Waals surface area contributed by atoms with Gasteiger partial charge in [0, 0.05) is 0 Å². The minimum Gasteiger partial charge on any atom is -0.212 e. The topological polar surface area (TPSA) is 0 Å². The van der Waals surface area contributed by atoms with Crippen molar-refractivity contribution >= 4 is 0 Å². The van der Waals surface area contributed by atoms with Crippen molar-refractivity contribution < 1.29 is 13.2 Å². The number of allylic oxidation sites excluding steroid dienone is 2. The Morgan fingerprint density at radius 2 is 1.38 bits per heavy atom. The van der Waals surface area contributed by atoms with E-state index in [0.29, 0.717) is 42.2 Å².